The SMILES string of the molecule is CC(C)CC(O)C1OC(=O)C(O)=C1O. The van der Waals surface area contributed by atoms with Gasteiger partial charge in [0, 0.05) is 0 Å². The van der Waals surface area contributed by atoms with E-state index in [1.165, 1.54) is 0 Å². The normalized spacial score (nSPS) is 24.3. The summed E-state index contributed by atoms with van der Waals surface area (Å²) >= 11 is 0. The largest absolute Gasteiger partial charge is 0.505 e. The third kappa shape index (κ3) is 1.98. The van der Waals surface area contributed by atoms with Gasteiger partial charge >= 0.3 is 5.97 Å². The first-order chi connectivity index (χ1) is 6.43. The van der Waals surface area contributed by atoms with Crippen molar-refractivity contribution in [2.75, 3.05) is 0 Å². The van der Waals surface area contributed by atoms with Gasteiger partial charge in [0.1, 0.15) is 0 Å². The number of rotatable bonds is 3. The van der Waals surface area contributed by atoms with E-state index in [1.54, 1.807) is 0 Å². The second-order valence-corrected chi connectivity index (χ2v) is 3.76. The Morgan fingerprint density at radius 3 is 2.36 bits per heavy atom. The predicted molar refractivity (Wildman–Crippen MR) is 47.6 cm³/mol. The van der Waals surface area contributed by atoms with E-state index in [0.29, 0.717) is 6.42 Å². The van der Waals surface area contributed by atoms with Crippen LogP contribution in [0.4, 0.5) is 0 Å². The summed E-state index contributed by atoms with van der Waals surface area (Å²) in [6, 6.07) is 0. The van der Waals surface area contributed by atoms with E-state index in [-0.39, 0.29) is 5.92 Å². The van der Waals surface area contributed by atoms with Crippen molar-refractivity contribution in [1.29, 1.82) is 0 Å². The molecule has 1 aliphatic rings. The van der Waals surface area contributed by atoms with Crippen LogP contribution in [0.15, 0.2) is 11.5 Å². The number of hydrogen-bond donors (Lipinski definition) is 3. The molecule has 0 aromatic rings. The van der Waals surface area contributed by atoms with E-state index in [1.807, 2.05) is 13.8 Å². The Morgan fingerprint density at radius 2 is 2.00 bits per heavy atom. The quantitative estimate of drug-likeness (QED) is 0.585. The van der Waals surface area contributed by atoms with Crippen molar-refractivity contribution in [2.24, 2.45) is 5.92 Å². The van der Waals surface area contributed by atoms with Crippen molar-refractivity contribution in [3.8, 4) is 0 Å². The Balaban J connectivity index is 2.68. The topological polar surface area (TPSA) is 87.0 Å². The first kappa shape index (κ1) is 10.8. The molecule has 0 amide bonds. The third-order valence-corrected chi connectivity index (χ3v) is 2.00. The summed E-state index contributed by atoms with van der Waals surface area (Å²) in [6.45, 7) is 3.78. The smallest absolute Gasteiger partial charge is 0.377 e. The maximum absolute atomic E-state index is 10.8. The van der Waals surface area contributed by atoms with E-state index < -0.39 is 29.7 Å². The fraction of sp³-hybridized carbons (Fsp3) is 0.667. The fourth-order valence-corrected chi connectivity index (χ4v) is 1.33. The summed E-state index contributed by atoms with van der Waals surface area (Å²) in [6.07, 6.45) is -1.72. The average Bonchev–Trinajstić information content (AvgIpc) is 2.32. The zero-order valence-electron chi connectivity index (χ0n) is 8.10. The van der Waals surface area contributed by atoms with Crippen molar-refractivity contribution in [2.45, 2.75) is 32.5 Å². The lowest BCUT2D eigenvalue weighted by molar-refractivity contribution is -0.147. The number of hydrogen-bond acceptors (Lipinski definition) is 5. The molecule has 5 heteroatoms. The van der Waals surface area contributed by atoms with E-state index in [4.69, 9.17) is 5.11 Å². The van der Waals surface area contributed by atoms with Crippen LogP contribution >= 0.6 is 0 Å². The molecule has 0 saturated heterocycles. The highest BCUT2D eigenvalue weighted by atomic mass is 16.6. The molecule has 14 heavy (non-hydrogen) atoms. The lowest BCUT2D eigenvalue weighted by Crippen LogP contribution is -2.29. The van der Waals surface area contributed by atoms with Gasteiger partial charge in [0.15, 0.2) is 11.9 Å². The van der Waals surface area contributed by atoms with Crippen LogP contribution in [-0.4, -0.2) is 33.5 Å². The number of cyclic esters (lactones) is 1. The second kappa shape index (κ2) is 3.88. The molecule has 0 saturated carbocycles. The van der Waals surface area contributed by atoms with Gasteiger partial charge in [-0.3, -0.25) is 0 Å². The molecule has 1 aliphatic heterocycles. The molecule has 0 spiro atoms. The number of aliphatic hydroxyl groups excluding tert-OH is 3. The van der Waals surface area contributed by atoms with Crippen LogP contribution in [0, 0.1) is 5.92 Å². The zero-order valence-corrected chi connectivity index (χ0v) is 8.10. The van der Waals surface area contributed by atoms with Gasteiger partial charge in [-0.25, -0.2) is 4.79 Å². The summed E-state index contributed by atoms with van der Waals surface area (Å²) in [5.74, 6) is -2.17. The van der Waals surface area contributed by atoms with Crippen LogP contribution in [0.3, 0.4) is 0 Å². The summed E-state index contributed by atoms with van der Waals surface area (Å²) < 4.78 is 4.59. The van der Waals surface area contributed by atoms with Crippen LogP contribution in [0.2, 0.25) is 0 Å². The Morgan fingerprint density at radius 1 is 1.43 bits per heavy atom. The zero-order chi connectivity index (χ0) is 10.9. The monoisotopic (exact) mass is 202 g/mol. The highest BCUT2D eigenvalue weighted by molar-refractivity contribution is 5.89. The van der Waals surface area contributed by atoms with Gasteiger partial charge < -0.3 is 20.1 Å². The summed E-state index contributed by atoms with van der Waals surface area (Å²) in [5.41, 5.74) is 0. The molecule has 0 aromatic carbocycles. The maximum Gasteiger partial charge on any atom is 0.377 e. The van der Waals surface area contributed by atoms with Gasteiger partial charge in [-0.15, -0.1) is 0 Å². The van der Waals surface area contributed by atoms with Crippen molar-refractivity contribution in [1.82, 2.24) is 0 Å². The molecular weight excluding hydrogens is 188 g/mol. The molecule has 0 aromatic heterocycles. The number of carbonyl (C=O) groups excluding carboxylic acids is 1. The molecule has 0 aliphatic carbocycles. The Kier molecular flexibility index (Phi) is 3.00. The second-order valence-electron chi connectivity index (χ2n) is 3.76. The predicted octanol–water partition coefficient (Wildman–Crippen LogP) is 0.646. The molecule has 3 N–H and O–H groups in total. The summed E-state index contributed by atoms with van der Waals surface area (Å²) in [4.78, 5) is 10.8. The van der Waals surface area contributed by atoms with Gasteiger partial charge in [-0.2, -0.15) is 0 Å². The highest BCUT2D eigenvalue weighted by Gasteiger charge is 2.39. The molecule has 0 radical (unpaired) electrons. The maximum atomic E-state index is 10.8. The van der Waals surface area contributed by atoms with Crippen molar-refractivity contribution in [3.05, 3.63) is 11.5 Å². The highest BCUT2D eigenvalue weighted by Crippen LogP contribution is 2.24. The van der Waals surface area contributed by atoms with E-state index in [2.05, 4.69) is 4.74 Å². The number of esters is 1. The van der Waals surface area contributed by atoms with Gasteiger partial charge in [0.25, 0.3) is 0 Å². The summed E-state index contributed by atoms with van der Waals surface area (Å²) in [5, 5.41) is 27.7. The molecule has 1 heterocycles. The lowest BCUT2D eigenvalue weighted by Gasteiger charge is -2.18. The van der Waals surface area contributed by atoms with Gasteiger partial charge in [0.05, 0.1) is 6.10 Å². The third-order valence-electron chi connectivity index (χ3n) is 2.00. The molecule has 1 rings (SSSR count). The molecule has 0 bridgehead atoms. The Hall–Kier alpha value is -1.23. The molecular formula is C9H14O5. The Labute approximate surface area is 81.6 Å². The van der Waals surface area contributed by atoms with E-state index in [9.17, 15) is 15.0 Å². The minimum Gasteiger partial charge on any atom is -0.505 e. The number of aliphatic hydroxyl groups is 3. The molecule has 2 atom stereocenters. The lowest BCUT2D eigenvalue weighted by atomic mass is 10.0. The number of carbonyl (C=O) groups is 1. The Bertz CT molecular complexity index is 268. The summed E-state index contributed by atoms with van der Waals surface area (Å²) in [7, 11) is 0. The van der Waals surface area contributed by atoms with E-state index >= 15 is 0 Å². The average molecular weight is 202 g/mol. The standard InChI is InChI=1S/C9H14O5/c1-4(2)3-5(10)8-6(11)7(12)9(13)14-8/h4-5,8,10-12H,3H2,1-2H3. The minimum absolute atomic E-state index is 0.208. The fourth-order valence-electron chi connectivity index (χ4n) is 1.33. The van der Waals surface area contributed by atoms with Gasteiger partial charge in [-0.05, 0) is 12.3 Å². The molecule has 80 valence electrons. The van der Waals surface area contributed by atoms with Gasteiger partial charge in [-0.1, -0.05) is 13.8 Å². The minimum atomic E-state index is -1.12. The van der Waals surface area contributed by atoms with E-state index in [0.717, 1.165) is 0 Å². The van der Waals surface area contributed by atoms with Crippen LogP contribution in [0.25, 0.3) is 0 Å². The molecule has 0 fully saturated rings. The van der Waals surface area contributed by atoms with Crippen molar-refractivity contribution >= 4 is 5.97 Å². The van der Waals surface area contributed by atoms with Crippen molar-refractivity contribution < 1.29 is 24.9 Å². The first-order valence-electron chi connectivity index (χ1n) is 4.44. The number of ether oxygens (including phenoxy) is 1. The van der Waals surface area contributed by atoms with Crippen LogP contribution < -0.4 is 0 Å². The van der Waals surface area contributed by atoms with Crippen molar-refractivity contribution in [3.63, 3.8) is 0 Å². The van der Waals surface area contributed by atoms with Crippen LogP contribution in [0.5, 0.6) is 0 Å². The van der Waals surface area contributed by atoms with Crippen LogP contribution in [-0.2, 0) is 9.53 Å². The first-order valence-corrected chi connectivity index (χ1v) is 4.44. The van der Waals surface area contributed by atoms with Gasteiger partial charge in [0.2, 0.25) is 5.76 Å². The molecule has 2 unspecified atom stereocenters. The molecule has 5 nitrogen and oxygen atoms in total. The van der Waals surface area contributed by atoms with Crippen LogP contribution in [0.1, 0.15) is 20.3 Å².